The highest BCUT2D eigenvalue weighted by molar-refractivity contribution is 14.1. The lowest BCUT2D eigenvalue weighted by atomic mass is 10.1. The maximum Gasteiger partial charge on any atom is 0.179 e. The second-order valence-corrected chi connectivity index (χ2v) is 4.48. The first-order chi connectivity index (χ1) is 6.07. The van der Waals surface area contributed by atoms with Crippen LogP contribution >= 0.6 is 50.1 Å². The van der Waals surface area contributed by atoms with Crippen molar-refractivity contribution in [2.45, 2.75) is 0 Å². The number of Topliss-reactive ketones (excluding diaryl/α,β-unsaturated/α-hetero) is 1. The van der Waals surface area contributed by atoms with Crippen molar-refractivity contribution in [1.29, 1.82) is 0 Å². The third-order valence-electron chi connectivity index (χ3n) is 1.44. The van der Waals surface area contributed by atoms with Crippen LogP contribution in [0.3, 0.4) is 0 Å². The molecule has 1 nitrogen and oxygen atoms in total. The van der Waals surface area contributed by atoms with E-state index in [1.807, 2.05) is 0 Å². The fraction of sp³-hybridized carbons (Fsp3) is 0.125. The molecule has 0 spiro atoms. The molecule has 0 heterocycles. The predicted molar refractivity (Wildman–Crippen MR) is 61.9 cm³/mol. The Labute approximate surface area is 102 Å². The first kappa shape index (κ1) is 11.4. The topological polar surface area (TPSA) is 17.1 Å². The number of ketones is 1. The Morgan fingerprint density at radius 1 is 1.62 bits per heavy atom. The van der Waals surface area contributed by atoms with Gasteiger partial charge in [0.1, 0.15) is 5.82 Å². The Hall–Kier alpha value is 0.320. The quantitative estimate of drug-likeness (QED) is 0.333. The minimum absolute atomic E-state index is 0.141. The minimum atomic E-state index is -0.405. The van der Waals surface area contributed by atoms with Crippen molar-refractivity contribution >= 4 is 55.9 Å². The Balaban J connectivity index is 3.33. The van der Waals surface area contributed by atoms with Crippen LogP contribution in [-0.2, 0) is 0 Å². The van der Waals surface area contributed by atoms with E-state index in [4.69, 9.17) is 11.6 Å². The third kappa shape index (κ3) is 2.41. The largest absolute Gasteiger partial charge is 0.293 e. The summed E-state index contributed by atoms with van der Waals surface area (Å²) in [6, 6.07) is 2.80. The minimum Gasteiger partial charge on any atom is -0.293 e. The van der Waals surface area contributed by atoms with Gasteiger partial charge in [0.2, 0.25) is 0 Å². The number of carbonyl (C=O) groups is 1. The number of rotatable bonds is 2. The van der Waals surface area contributed by atoms with E-state index in [1.165, 1.54) is 12.1 Å². The van der Waals surface area contributed by atoms with Gasteiger partial charge in [0.25, 0.3) is 0 Å². The predicted octanol–water partition coefficient (Wildman–Crippen LogP) is 3.61. The molecule has 0 aliphatic carbocycles. The van der Waals surface area contributed by atoms with E-state index in [0.717, 1.165) is 0 Å². The maximum absolute atomic E-state index is 13.0. The molecule has 0 N–H and O–H groups in total. The molecule has 0 saturated heterocycles. The first-order valence-corrected chi connectivity index (χ1v) is 5.71. The van der Waals surface area contributed by atoms with Gasteiger partial charge in [0.05, 0.1) is 9.45 Å². The molecular weight excluding hydrogens is 373 g/mol. The van der Waals surface area contributed by atoms with Crippen molar-refractivity contribution in [3.05, 3.63) is 31.6 Å². The molecule has 0 fully saturated rings. The van der Waals surface area contributed by atoms with Crippen LogP contribution in [0, 0.1) is 9.39 Å². The highest BCUT2D eigenvalue weighted by Crippen LogP contribution is 2.25. The first-order valence-electron chi connectivity index (χ1n) is 3.30. The fourth-order valence-electron chi connectivity index (χ4n) is 0.849. The number of alkyl halides is 1. The van der Waals surface area contributed by atoms with Crippen LogP contribution in [0.1, 0.15) is 10.4 Å². The van der Waals surface area contributed by atoms with Gasteiger partial charge in [0, 0.05) is 10.0 Å². The molecule has 5 heteroatoms. The lowest BCUT2D eigenvalue weighted by molar-refractivity contribution is 0.101. The highest BCUT2D eigenvalue weighted by Gasteiger charge is 2.15. The van der Waals surface area contributed by atoms with Crippen molar-refractivity contribution in [2.75, 3.05) is 5.88 Å². The van der Waals surface area contributed by atoms with E-state index >= 15 is 0 Å². The molecule has 0 radical (unpaired) electrons. The van der Waals surface area contributed by atoms with Crippen LogP contribution in [0.15, 0.2) is 16.6 Å². The summed E-state index contributed by atoms with van der Waals surface area (Å²) in [7, 11) is 0. The molecule has 0 unspecified atom stereocenters. The molecule has 1 aromatic rings. The Morgan fingerprint density at radius 3 is 2.77 bits per heavy atom. The van der Waals surface area contributed by atoms with Gasteiger partial charge in [-0.2, -0.15) is 0 Å². The van der Waals surface area contributed by atoms with Gasteiger partial charge in [-0.3, -0.25) is 4.79 Å². The van der Waals surface area contributed by atoms with Gasteiger partial charge >= 0.3 is 0 Å². The summed E-state index contributed by atoms with van der Waals surface area (Å²) in [4.78, 5) is 11.3. The second kappa shape index (κ2) is 4.70. The van der Waals surface area contributed by atoms with Crippen molar-refractivity contribution < 1.29 is 9.18 Å². The third-order valence-corrected chi connectivity index (χ3v) is 3.40. The lowest BCUT2D eigenvalue weighted by Crippen LogP contribution is -2.05. The van der Waals surface area contributed by atoms with E-state index in [0.29, 0.717) is 13.6 Å². The molecule has 0 amide bonds. The highest BCUT2D eigenvalue weighted by atomic mass is 127. The molecule has 0 bridgehead atoms. The number of benzene rings is 1. The fourth-order valence-corrected chi connectivity index (χ4v) is 2.68. The van der Waals surface area contributed by atoms with Crippen molar-refractivity contribution in [2.24, 2.45) is 0 Å². The SMILES string of the molecule is O=C(CCl)c1c(Br)ccc(F)c1I. The van der Waals surface area contributed by atoms with E-state index in [-0.39, 0.29) is 11.7 Å². The molecular formula is C8H4BrClFIO. The van der Waals surface area contributed by atoms with Gasteiger partial charge < -0.3 is 0 Å². The molecule has 0 saturated carbocycles. The van der Waals surface area contributed by atoms with E-state index < -0.39 is 5.82 Å². The smallest absolute Gasteiger partial charge is 0.179 e. The summed E-state index contributed by atoms with van der Waals surface area (Å²) >= 11 is 10.3. The molecule has 0 atom stereocenters. The van der Waals surface area contributed by atoms with Gasteiger partial charge in [0.15, 0.2) is 5.78 Å². The van der Waals surface area contributed by atoms with Gasteiger partial charge in [-0.25, -0.2) is 4.39 Å². The zero-order chi connectivity index (χ0) is 10.0. The molecule has 0 aromatic heterocycles. The zero-order valence-corrected chi connectivity index (χ0v) is 10.8. The number of carbonyl (C=O) groups excluding carboxylic acids is 1. The van der Waals surface area contributed by atoms with Crippen LogP contribution < -0.4 is 0 Å². The normalized spacial score (nSPS) is 10.2. The van der Waals surface area contributed by atoms with Crippen molar-refractivity contribution in [1.82, 2.24) is 0 Å². The van der Waals surface area contributed by atoms with Gasteiger partial charge in [-0.05, 0) is 34.7 Å². The Bertz CT molecular complexity index is 356. The van der Waals surface area contributed by atoms with Crippen LogP contribution in [0.4, 0.5) is 4.39 Å². The average Bonchev–Trinajstić information content (AvgIpc) is 2.12. The second-order valence-electron chi connectivity index (χ2n) is 2.27. The summed E-state index contributed by atoms with van der Waals surface area (Å²) in [6.45, 7) is 0. The molecule has 0 aliphatic rings. The molecule has 70 valence electrons. The zero-order valence-electron chi connectivity index (χ0n) is 6.28. The average molecular weight is 377 g/mol. The van der Waals surface area contributed by atoms with Crippen molar-refractivity contribution in [3.63, 3.8) is 0 Å². The van der Waals surface area contributed by atoms with Crippen LogP contribution in [0.25, 0.3) is 0 Å². The van der Waals surface area contributed by atoms with Gasteiger partial charge in [-0.1, -0.05) is 15.9 Å². The van der Waals surface area contributed by atoms with Crippen LogP contribution in [0.2, 0.25) is 0 Å². The summed E-state index contributed by atoms with van der Waals surface area (Å²) in [5, 5.41) is 0. The Kier molecular flexibility index (Phi) is 4.12. The number of halogens is 4. The Morgan fingerprint density at radius 2 is 2.23 bits per heavy atom. The summed E-state index contributed by atoms with van der Waals surface area (Å²) < 4.78 is 13.9. The monoisotopic (exact) mass is 376 g/mol. The van der Waals surface area contributed by atoms with Crippen molar-refractivity contribution in [3.8, 4) is 0 Å². The maximum atomic E-state index is 13.0. The summed E-state index contributed by atoms with van der Waals surface area (Å²) in [5.74, 6) is -0.826. The molecule has 13 heavy (non-hydrogen) atoms. The van der Waals surface area contributed by atoms with Gasteiger partial charge in [-0.15, -0.1) is 11.6 Å². The molecule has 0 aliphatic heterocycles. The summed E-state index contributed by atoms with van der Waals surface area (Å²) in [5.41, 5.74) is 0.315. The van der Waals surface area contributed by atoms with E-state index in [2.05, 4.69) is 15.9 Å². The number of hydrogen-bond acceptors (Lipinski definition) is 1. The van der Waals surface area contributed by atoms with E-state index in [1.54, 1.807) is 22.6 Å². The molecule has 1 rings (SSSR count). The van der Waals surface area contributed by atoms with E-state index in [9.17, 15) is 9.18 Å². The van der Waals surface area contributed by atoms with Crippen LogP contribution in [0.5, 0.6) is 0 Å². The molecule has 1 aromatic carbocycles. The number of hydrogen-bond donors (Lipinski definition) is 0. The lowest BCUT2D eigenvalue weighted by Gasteiger charge is -2.04. The summed E-state index contributed by atoms with van der Waals surface area (Å²) in [6.07, 6.45) is 0. The van der Waals surface area contributed by atoms with Crippen LogP contribution in [-0.4, -0.2) is 11.7 Å². The standard InChI is InChI=1S/C8H4BrClFIO/c9-4-1-2-5(11)8(12)7(4)6(13)3-10/h1-2H,3H2.